The van der Waals surface area contributed by atoms with Crippen LogP contribution < -0.4 is 0 Å². The first-order chi connectivity index (χ1) is 27.2. The van der Waals surface area contributed by atoms with Crippen LogP contribution in [-0.2, 0) is 42.7 Å². The molecule has 0 aromatic heterocycles. The maximum atomic E-state index is 13.1. The van der Waals surface area contributed by atoms with E-state index in [0.717, 1.165) is 0 Å². The Morgan fingerprint density at radius 1 is 0.879 bits per heavy atom. The largest absolute Gasteiger partial charge is 0.462 e. The van der Waals surface area contributed by atoms with Gasteiger partial charge in [-0.15, -0.1) is 0 Å². The smallest absolute Gasteiger partial charge is 0.308 e. The van der Waals surface area contributed by atoms with Crippen molar-refractivity contribution >= 4 is 5.97 Å². The molecule has 0 amide bonds. The van der Waals surface area contributed by atoms with E-state index < -0.39 is 122 Å². The van der Waals surface area contributed by atoms with Crippen molar-refractivity contribution in [3.05, 3.63) is 24.3 Å². The molecule has 19 unspecified atom stereocenters. The second-order valence-electron chi connectivity index (χ2n) is 17.4. The maximum absolute atomic E-state index is 13.1. The summed E-state index contributed by atoms with van der Waals surface area (Å²) in [5.74, 6) is -1.54. The first-order valence-electron chi connectivity index (χ1n) is 20.6. The number of ether oxygens (including phenoxy) is 8. The molecule has 3 saturated heterocycles. The van der Waals surface area contributed by atoms with E-state index >= 15 is 0 Å². The van der Waals surface area contributed by atoms with Crippen LogP contribution in [0.15, 0.2) is 24.3 Å². The summed E-state index contributed by atoms with van der Waals surface area (Å²) in [6.07, 6.45) is -5.93. The average Bonchev–Trinajstić information content (AvgIpc) is 3.12. The van der Waals surface area contributed by atoms with Gasteiger partial charge in [-0.05, 0) is 73.4 Å². The van der Waals surface area contributed by atoms with Crippen LogP contribution in [0.3, 0.4) is 0 Å². The fourth-order valence-corrected chi connectivity index (χ4v) is 8.47. The van der Waals surface area contributed by atoms with E-state index in [0.29, 0.717) is 12.8 Å². The van der Waals surface area contributed by atoms with E-state index in [1.807, 2.05) is 31.2 Å². The molecule has 0 aromatic rings. The highest BCUT2D eigenvalue weighted by atomic mass is 16.7. The van der Waals surface area contributed by atoms with Gasteiger partial charge in [0.25, 0.3) is 0 Å². The predicted molar refractivity (Wildman–Crippen MR) is 208 cm³/mol. The van der Waals surface area contributed by atoms with E-state index in [1.165, 1.54) is 21.0 Å². The van der Waals surface area contributed by atoms with Crippen LogP contribution in [0.5, 0.6) is 0 Å². The minimum absolute atomic E-state index is 0.0215. The molecule has 4 rings (SSSR count). The number of aliphatic hydroxyl groups is 7. The van der Waals surface area contributed by atoms with Gasteiger partial charge in [-0.25, -0.2) is 0 Å². The monoisotopic (exact) mass is 833 g/mol. The Hall–Kier alpha value is -1.65. The third-order valence-corrected chi connectivity index (χ3v) is 11.9. The number of carbonyl (C=O) groups is 1. The van der Waals surface area contributed by atoms with Crippen molar-refractivity contribution in [2.45, 2.75) is 183 Å². The minimum atomic E-state index is -1.48. The fraction of sp³-hybridized carbons (Fsp3) is 0.878. The van der Waals surface area contributed by atoms with Crippen molar-refractivity contribution in [3.63, 3.8) is 0 Å². The third-order valence-electron chi connectivity index (χ3n) is 11.9. The molecule has 7 N–H and O–H groups in total. The van der Waals surface area contributed by atoms with E-state index in [9.17, 15) is 40.5 Å². The summed E-state index contributed by atoms with van der Waals surface area (Å²) in [5.41, 5.74) is -2.91. The summed E-state index contributed by atoms with van der Waals surface area (Å²) in [4.78, 5) is 14.8. The molecule has 0 spiro atoms. The molecule has 0 radical (unpaired) electrons. The standard InChI is InChI=1S/C41H71NO16/c1-22-17-26(15-16-43)36(58-39-34(47)33(42(7)8)35(24(3)55-39)57-32-20-41(6,50)38(48)25(4)54-32)37(51-9)27(44)18-30(46)53-23(2)13-11-10-12-14-28(22)56-31-19-40(5,49)29(45)21-52-31/h10-12,14,22-29,31-39,43-45,47-50H,13,15-21H2,1-9H3. The number of cyclic esters (lactones) is 1. The van der Waals surface area contributed by atoms with Crippen LogP contribution in [0.2, 0.25) is 0 Å². The molecular weight excluding hydrogens is 762 g/mol. The fourth-order valence-electron chi connectivity index (χ4n) is 8.47. The number of hydrogen-bond acceptors (Lipinski definition) is 17. The van der Waals surface area contributed by atoms with E-state index in [1.54, 1.807) is 39.8 Å². The number of methoxy groups -OCH3 is 1. The van der Waals surface area contributed by atoms with Crippen molar-refractivity contribution < 1.29 is 78.4 Å². The predicted octanol–water partition coefficient (Wildman–Crippen LogP) is 0.522. The Morgan fingerprint density at radius 3 is 2.19 bits per heavy atom. The number of hydrogen-bond donors (Lipinski definition) is 7. The van der Waals surface area contributed by atoms with E-state index in [-0.39, 0.29) is 38.4 Å². The zero-order chi connectivity index (χ0) is 43.1. The molecular formula is C41H71NO16. The second-order valence-corrected chi connectivity index (χ2v) is 17.4. The number of likely N-dealkylation sites (N-methyl/N-ethyl adjacent to an activating group) is 1. The van der Waals surface area contributed by atoms with Crippen molar-refractivity contribution in [1.29, 1.82) is 0 Å². The van der Waals surface area contributed by atoms with Crippen LogP contribution in [0.1, 0.15) is 80.1 Å². The zero-order valence-corrected chi connectivity index (χ0v) is 35.5. The SMILES string of the molecule is COC1C(O)CC(=O)OC(C)CC=CC=CC(OC2CC(C)(O)C(O)CO2)C(C)CC(CCO)C1OC1OC(C)C(OC2CC(C)(O)C(O)C(C)O2)C(N(C)C)C1O. The zero-order valence-electron chi connectivity index (χ0n) is 35.5. The summed E-state index contributed by atoms with van der Waals surface area (Å²) < 4.78 is 49.0. The number of rotatable bonds is 10. The lowest BCUT2D eigenvalue weighted by molar-refractivity contribution is -0.344. The van der Waals surface area contributed by atoms with Gasteiger partial charge >= 0.3 is 5.97 Å². The summed E-state index contributed by atoms with van der Waals surface area (Å²) >= 11 is 0. The molecule has 4 aliphatic heterocycles. The Balaban J connectivity index is 1.67. The Kier molecular flexibility index (Phi) is 18.1. The molecule has 0 saturated carbocycles. The van der Waals surface area contributed by atoms with E-state index in [4.69, 9.17) is 37.9 Å². The van der Waals surface area contributed by atoms with Crippen LogP contribution in [0.4, 0.5) is 0 Å². The average molecular weight is 834 g/mol. The van der Waals surface area contributed by atoms with Crippen LogP contribution in [0.25, 0.3) is 0 Å². The molecule has 19 atom stereocenters. The summed E-state index contributed by atoms with van der Waals surface area (Å²) in [6, 6.07) is -0.740. The quantitative estimate of drug-likeness (QED) is 0.149. The van der Waals surface area contributed by atoms with Gasteiger partial charge in [0.1, 0.15) is 36.6 Å². The lowest BCUT2D eigenvalue weighted by Gasteiger charge is -2.50. The van der Waals surface area contributed by atoms with Crippen molar-refractivity contribution in [3.8, 4) is 0 Å². The van der Waals surface area contributed by atoms with E-state index in [2.05, 4.69) is 0 Å². The molecule has 0 aliphatic carbocycles. The molecule has 58 heavy (non-hydrogen) atoms. The highest BCUT2D eigenvalue weighted by Gasteiger charge is 2.52. The molecule has 4 heterocycles. The number of nitrogens with zero attached hydrogens (tertiary/aromatic N) is 1. The first-order valence-corrected chi connectivity index (χ1v) is 20.6. The normalized spacial score (nSPS) is 46.6. The summed E-state index contributed by atoms with van der Waals surface area (Å²) in [7, 11) is 4.90. The van der Waals surface area contributed by atoms with Gasteiger partial charge in [0.15, 0.2) is 18.9 Å². The second kappa shape index (κ2) is 21.4. The molecule has 3 fully saturated rings. The number of allylic oxidation sites excluding steroid dienone is 2. The number of carbonyl (C=O) groups excluding carboxylic acids is 1. The van der Waals surface area contributed by atoms with Gasteiger partial charge < -0.3 is 78.5 Å². The van der Waals surface area contributed by atoms with Gasteiger partial charge in [-0.3, -0.25) is 4.79 Å². The van der Waals surface area contributed by atoms with Gasteiger partial charge in [0, 0.05) is 33.0 Å². The first kappa shape index (κ1) is 49.0. The highest BCUT2D eigenvalue weighted by Crippen LogP contribution is 2.37. The van der Waals surface area contributed by atoms with Crippen molar-refractivity contribution in [2.24, 2.45) is 11.8 Å². The van der Waals surface area contributed by atoms with Crippen molar-refractivity contribution in [1.82, 2.24) is 4.90 Å². The van der Waals surface area contributed by atoms with Gasteiger partial charge in [0.05, 0.1) is 60.8 Å². The van der Waals surface area contributed by atoms with Crippen LogP contribution in [0, 0.1) is 11.8 Å². The minimum Gasteiger partial charge on any atom is -0.462 e. The Morgan fingerprint density at radius 2 is 1.57 bits per heavy atom. The Labute approximate surface area is 342 Å². The molecule has 17 nitrogen and oxygen atoms in total. The van der Waals surface area contributed by atoms with Gasteiger partial charge in [-0.2, -0.15) is 0 Å². The number of esters is 1. The summed E-state index contributed by atoms with van der Waals surface area (Å²) in [5, 5.41) is 76.5. The topological polar surface area (TPSA) is 236 Å². The molecule has 336 valence electrons. The van der Waals surface area contributed by atoms with Crippen LogP contribution >= 0.6 is 0 Å². The maximum Gasteiger partial charge on any atom is 0.308 e. The van der Waals surface area contributed by atoms with Gasteiger partial charge in [-0.1, -0.05) is 31.2 Å². The third kappa shape index (κ3) is 12.7. The summed E-state index contributed by atoms with van der Waals surface area (Å²) in [6.45, 7) is 9.71. The lowest BCUT2D eigenvalue weighted by Crippen LogP contribution is -2.65. The van der Waals surface area contributed by atoms with Crippen molar-refractivity contribution in [2.75, 3.05) is 34.4 Å². The number of aliphatic hydroxyl groups excluding tert-OH is 5. The van der Waals surface area contributed by atoms with Gasteiger partial charge in [0.2, 0.25) is 0 Å². The molecule has 4 aliphatic rings. The Bertz CT molecular complexity index is 1330. The molecule has 17 heteroatoms. The highest BCUT2D eigenvalue weighted by molar-refractivity contribution is 5.70. The molecule has 0 bridgehead atoms. The van der Waals surface area contributed by atoms with Crippen LogP contribution in [-0.4, -0.2) is 184 Å². The lowest BCUT2D eigenvalue weighted by atomic mass is 9.82. The molecule has 0 aromatic carbocycles.